The van der Waals surface area contributed by atoms with E-state index in [9.17, 15) is 14.4 Å². The van der Waals surface area contributed by atoms with Crippen LogP contribution >= 0.6 is 46.4 Å². The summed E-state index contributed by atoms with van der Waals surface area (Å²) in [5.74, 6) is -2.69. The Bertz CT molecular complexity index is 597. The standard InChI is InChI=1S/C15H15Cl4NO5/c1-2-24-14(22)9(20-13(21)11(16)17)10(25-15(23)12(18)19)8-6-4-3-5-7-8/h3-7,9-12H,2H2,1H3,(H,20,21)/t9-,10+/m0/s1. The second kappa shape index (κ2) is 10.7. The molecule has 138 valence electrons. The lowest BCUT2D eigenvalue weighted by Gasteiger charge is -2.27. The van der Waals surface area contributed by atoms with Crippen LogP contribution in [0, 0.1) is 0 Å². The Morgan fingerprint density at radius 3 is 2.08 bits per heavy atom. The third-order valence-corrected chi connectivity index (χ3v) is 3.64. The molecule has 0 saturated heterocycles. The summed E-state index contributed by atoms with van der Waals surface area (Å²) in [7, 11) is 0. The van der Waals surface area contributed by atoms with Crippen molar-refractivity contribution in [2.24, 2.45) is 0 Å². The Balaban J connectivity index is 3.23. The summed E-state index contributed by atoms with van der Waals surface area (Å²) < 4.78 is 10.1. The van der Waals surface area contributed by atoms with E-state index in [-0.39, 0.29) is 6.61 Å². The van der Waals surface area contributed by atoms with Gasteiger partial charge in [-0.05, 0) is 12.5 Å². The fraction of sp³-hybridized carbons (Fsp3) is 0.400. The van der Waals surface area contributed by atoms with Crippen LogP contribution < -0.4 is 5.32 Å². The first kappa shape index (κ1) is 21.8. The van der Waals surface area contributed by atoms with Crippen molar-refractivity contribution in [1.29, 1.82) is 0 Å². The minimum atomic E-state index is -1.47. The second-order valence-corrected chi connectivity index (χ2v) is 6.80. The molecule has 0 aromatic heterocycles. The van der Waals surface area contributed by atoms with E-state index >= 15 is 0 Å². The van der Waals surface area contributed by atoms with Gasteiger partial charge in [-0.2, -0.15) is 0 Å². The van der Waals surface area contributed by atoms with Gasteiger partial charge in [0.2, 0.25) is 4.84 Å². The van der Waals surface area contributed by atoms with Crippen LogP contribution in [-0.4, -0.2) is 40.2 Å². The molecule has 2 atom stereocenters. The largest absolute Gasteiger partial charge is 0.464 e. The highest BCUT2D eigenvalue weighted by molar-refractivity contribution is 6.53. The van der Waals surface area contributed by atoms with Crippen LogP contribution in [0.15, 0.2) is 30.3 Å². The minimum Gasteiger partial charge on any atom is -0.464 e. The van der Waals surface area contributed by atoms with Crippen LogP contribution in [-0.2, 0) is 23.9 Å². The van der Waals surface area contributed by atoms with E-state index in [1.807, 2.05) is 0 Å². The third-order valence-electron chi connectivity index (χ3n) is 2.89. The Morgan fingerprint density at radius 1 is 1.00 bits per heavy atom. The maximum absolute atomic E-state index is 12.3. The lowest BCUT2D eigenvalue weighted by atomic mass is 10.0. The van der Waals surface area contributed by atoms with E-state index < -0.39 is 39.7 Å². The summed E-state index contributed by atoms with van der Waals surface area (Å²) in [4.78, 5) is 33.1. The van der Waals surface area contributed by atoms with Crippen molar-refractivity contribution in [1.82, 2.24) is 5.32 Å². The molecule has 0 heterocycles. The molecule has 1 N–H and O–H groups in total. The van der Waals surface area contributed by atoms with E-state index in [2.05, 4.69) is 5.32 Å². The molecule has 0 aliphatic rings. The lowest BCUT2D eigenvalue weighted by Crippen LogP contribution is -2.49. The van der Waals surface area contributed by atoms with Gasteiger partial charge in [-0.25, -0.2) is 9.59 Å². The molecule has 1 amide bonds. The molecule has 10 heteroatoms. The number of nitrogens with one attached hydrogen (secondary N) is 1. The van der Waals surface area contributed by atoms with E-state index in [0.29, 0.717) is 5.56 Å². The fourth-order valence-electron chi connectivity index (χ4n) is 1.85. The molecule has 0 radical (unpaired) electrons. The number of carbonyl (C=O) groups is 3. The van der Waals surface area contributed by atoms with Crippen molar-refractivity contribution in [2.45, 2.75) is 28.7 Å². The van der Waals surface area contributed by atoms with Gasteiger partial charge in [0, 0.05) is 0 Å². The molecule has 6 nitrogen and oxygen atoms in total. The highest BCUT2D eigenvalue weighted by Crippen LogP contribution is 2.25. The molecule has 1 aromatic rings. The van der Waals surface area contributed by atoms with Gasteiger partial charge in [-0.15, -0.1) is 0 Å². The molecule has 0 aliphatic heterocycles. The number of amides is 1. The average molecular weight is 431 g/mol. The molecule has 0 bridgehead atoms. The van der Waals surface area contributed by atoms with Crippen molar-refractivity contribution in [3.63, 3.8) is 0 Å². The van der Waals surface area contributed by atoms with Crippen LogP contribution in [0.2, 0.25) is 0 Å². The number of hydrogen-bond donors (Lipinski definition) is 1. The molecular weight excluding hydrogens is 416 g/mol. The summed E-state index contributed by atoms with van der Waals surface area (Å²) in [5, 5.41) is 2.30. The van der Waals surface area contributed by atoms with Gasteiger partial charge in [0.15, 0.2) is 17.0 Å². The van der Waals surface area contributed by atoms with E-state index in [4.69, 9.17) is 55.9 Å². The van der Waals surface area contributed by atoms with Crippen molar-refractivity contribution >= 4 is 64.2 Å². The normalized spacial score (nSPS) is 13.2. The molecule has 25 heavy (non-hydrogen) atoms. The topological polar surface area (TPSA) is 81.7 Å². The lowest BCUT2D eigenvalue weighted by molar-refractivity contribution is -0.159. The molecule has 1 rings (SSSR count). The van der Waals surface area contributed by atoms with Gasteiger partial charge >= 0.3 is 11.9 Å². The number of rotatable bonds is 8. The summed E-state index contributed by atoms with van der Waals surface area (Å²) in [6, 6.07) is 6.82. The first-order valence-corrected chi connectivity index (χ1v) is 8.81. The Kier molecular flexibility index (Phi) is 9.35. The first-order valence-electron chi connectivity index (χ1n) is 7.06. The Hall–Kier alpha value is -1.21. The SMILES string of the molecule is CCOC(=O)[C@@H](NC(=O)C(Cl)Cl)[C@H](OC(=O)C(Cl)Cl)c1ccccc1. The number of carbonyl (C=O) groups excluding carboxylic acids is 3. The molecule has 1 aromatic carbocycles. The zero-order valence-corrected chi connectivity index (χ0v) is 16.0. The molecule has 0 aliphatic carbocycles. The fourth-order valence-corrected chi connectivity index (χ4v) is 2.08. The van der Waals surface area contributed by atoms with Crippen molar-refractivity contribution in [2.75, 3.05) is 6.61 Å². The molecule has 0 saturated carbocycles. The predicted molar refractivity (Wildman–Crippen MR) is 94.8 cm³/mol. The predicted octanol–water partition coefficient (Wildman–Crippen LogP) is 2.93. The van der Waals surface area contributed by atoms with Crippen LogP contribution in [0.3, 0.4) is 0 Å². The van der Waals surface area contributed by atoms with Crippen LogP contribution in [0.5, 0.6) is 0 Å². The second-order valence-electron chi connectivity index (χ2n) is 4.61. The number of alkyl halides is 4. The number of hydrogen-bond acceptors (Lipinski definition) is 5. The molecule has 0 spiro atoms. The minimum absolute atomic E-state index is 0.0411. The first-order chi connectivity index (χ1) is 11.8. The zero-order chi connectivity index (χ0) is 19.0. The van der Waals surface area contributed by atoms with Crippen LogP contribution in [0.1, 0.15) is 18.6 Å². The van der Waals surface area contributed by atoms with Crippen LogP contribution in [0.25, 0.3) is 0 Å². The average Bonchev–Trinajstić information content (AvgIpc) is 2.58. The van der Waals surface area contributed by atoms with Crippen molar-refractivity contribution < 1.29 is 23.9 Å². The number of halogens is 4. The summed E-state index contributed by atoms with van der Waals surface area (Å²) in [6.45, 7) is 1.62. The number of ether oxygens (including phenoxy) is 2. The Morgan fingerprint density at radius 2 is 1.60 bits per heavy atom. The quantitative estimate of drug-likeness (QED) is 0.506. The number of esters is 2. The van der Waals surface area contributed by atoms with Gasteiger partial charge < -0.3 is 14.8 Å². The monoisotopic (exact) mass is 429 g/mol. The molecular formula is C15H15Cl4NO5. The highest BCUT2D eigenvalue weighted by Gasteiger charge is 2.37. The van der Waals surface area contributed by atoms with E-state index in [0.717, 1.165) is 0 Å². The van der Waals surface area contributed by atoms with Gasteiger partial charge in [0.05, 0.1) is 6.61 Å². The van der Waals surface area contributed by atoms with Gasteiger partial charge in [-0.3, -0.25) is 4.79 Å². The highest BCUT2D eigenvalue weighted by atomic mass is 35.5. The van der Waals surface area contributed by atoms with E-state index in [1.165, 1.54) is 0 Å². The van der Waals surface area contributed by atoms with E-state index in [1.54, 1.807) is 37.3 Å². The van der Waals surface area contributed by atoms with Gasteiger partial charge in [0.1, 0.15) is 0 Å². The molecule has 0 unspecified atom stereocenters. The van der Waals surface area contributed by atoms with Crippen molar-refractivity contribution in [3.05, 3.63) is 35.9 Å². The zero-order valence-electron chi connectivity index (χ0n) is 13.0. The van der Waals surface area contributed by atoms with Crippen molar-refractivity contribution in [3.8, 4) is 0 Å². The number of benzene rings is 1. The third kappa shape index (κ3) is 6.90. The Labute approximate surface area is 164 Å². The summed E-state index contributed by atoms with van der Waals surface area (Å²) in [5.41, 5.74) is 0.406. The summed E-state index contributed by atoms with van der Waals surface area (Å²) >= 11 is 22.0. The molecule has 0 fully saturated rings. The smallest absolute Gasteiger partial charge is 0.340 e. The summed E-state index contributed by atoms with van der Waals surface area (Å²) in [6.07, 6.45) is -1.25. The van der Waals surface area contributed by atoms with Gasteiger partial charge in [0.25, 0.3) is 5.91 Å². The van der Waals surface area contributed by atoms with Crippen LogP contribution in [0.4, 0.5) is 0 Å². The maximum Gasteiger partial charge on any atom is 0.340 e. The van der Waals surface area contributed by atoms with Gasteiger partial charge in [-0.1, -0.05) is 76.7 Å². The maximum atomic E-state index is 12.3.